The van der Waals surface area contributed by atoms with Crippen LogP contribution in [0, 0.1) is 11.8 Å². The molecule has 0 aromatic heterocycles. The molecular weight excluding hydrogens is 303 g/mol. The van der Waals surface area contributed by atoms with E-state index in [1.54, 1.807) is 0 Å². The molecular formula is C21H37FO2. The minimum absolute atomic E-state index is 0.0967. The van der Waals surface area contributed by atoms with Crippen molar-refractivity contribution in [1.82, 2.24) is 0 Å². The molecule has 140 valence electrons. The topological polar surface area (TPSA) is 40.5 Å². The molecule has 1 aliphatic carbocycles. The summed E-state index contributed by atoms with van der Waals surface area (Å²) in [7, 11) is 0. The van der Waals surface area contributed by atoms with Crippen LogP contribution in [-0.2, 0) is 0 Å². The Morgan fingerprint density at radius 3 is 2.46 bits per heavy atom. The molecule has 0 radical (unpaired) electrons. The second kappa shape index (κ2) is 11.0. The van der Waals surface area contributed by atoms with Crippen LogP contribution in [0.5, 0.6) is 0 Å². The first kappa shape index (κ1) is 21.4. The smallest absolute Gasteiger partial charge is 0.132 e. The highest BCUT2D eigenvalue weighted by molar-refractivity contribution is 5.04. The fourth-order valence-corrected chi connectivity index (χ4v) is 3.61. The van der Waals surface area contributed by atoms with Crippen molar-refractivity contribution in [2.75, 3.05) is 0 Å². The van der Waals surface area contributed by atoms with Crippen LogP contribution >= 0.6 is 0 Å². The van der Waals surface area contributed by atoms with Gasteiger partial charge in [0.15, 0.2) is 0 Å². The number of aliphatic hydroxyl groups excluding tert-OH is 2. The van der Waals surface area contributed by atoms with E-state index >= 15 is 0 Å². The summed E-state index contributed by atoms with van der Waals surface area (Å²) >= 11 is 0. The van der Waals surface area contributed by atoms with E-state index in [9.17, 15) is 14.6 Å². The van der Waals surface area contributed by atoms with Gasteiger partial charge in [0.1, 0.15) is 6.17 Å². The second-order valence-electron chi connectivity index (χ2n) is 7.76. The maximum atomic E-state index is 14.6. The number of hydrogen-bond donors (Lipinski definition) is 2. The summed E-state index contributed by atoms with van der Waals surface area (Å²) in [4.78, 5) is 0. The summed E-state index contributed by atoms with van der Waals surface area (Å²) in [5.74, 6) is -0.568. The molecule has 5 unspecified atom stereocenters. The average Bonchev–Trinajstić information content (AvgIpc) is 2.51. The van der Waals surface area contributed by atoms with Gasteiger partial charge < -0.3 is 10.2 Å². The van der Waals surface area contributed by atoms with E-state index in [0.717, 1.165) is 38.5 Å². The summed E-state index contributed by atoms with van der Waals surface area (Å²) in [5, 5.41) is 20.6. The van der Waals surface area contributed by atoms with E-state index in [1.807, 2.05) is 6.08 Å². The molecule has 3 heteroatoms. The molecule has 24 heavy (non-hydrogen) atoms. The van der Waals surface area contributed by atoms with Crippen LogP contribution in [0.4, 0.5) is 4.39 Å². The second-order valence-corrected chi connectivity index (χ2v) is 7.76. The Labute approximate surface area is 147 Å². The van der Waals surface area contributed by atoms with Crippen molar-refractivity contribution in [3.63, 3.8) is 0 Å². The van der Waals surface area contributed by atoms with Gasteiger partial charge in [-0.1, -0.05) is 49.5 Å². The highest BCUT2D eigenvalue weighted by atomic mass is 19.1. The van der Waals surface area contributed by atoms with Gasteiger partial charge in [0.05, 0.1) is 12.2 Å². The van der Waals surface area contributed by atoms with E-state index in [0.29, 0.717) is 12.8 Å². The first-order valence-corrected chi connectivity index (χ1v) is 9.66. The van der Waals surface area contributed by atoms with Crippen molar-refractivity contribution < 1.29 is 14.6 Å². The van der Waals surface area contributed by atoms with Crippen molar-refractivity contribution in [1.29, 1.82) is 0 Å². The predicted octanol–water partition coefficient (Wildman–Crippen LogP) is 5.35. The fraction of sp³-hybridized carbons (Fsp3) is 0.810. The Bertz CT molecular complexity index is 412. The van der Waals surface area contributed by atoms with Gasteiger partial charge in [0.2, 0.25) is 0 Å². The van der Waals surface area contributed by atoms with Crippen LogP contribution in [0.3, 0.4) is 0 Å². The van der Waals surface area contributed by atoms with Crippen LogP contribution in [0.1, 0.15) is 79.1 Å². The molecule has 0 aromatic rings. The lowest BCUT2D eigenvalue weighted by Gasteiger charge is -2.39. The molecule has 0 spiro atoms. The van der Waals surface area contributed by atoms with Crippen molar-refractivity contribution in [2.45, 2.75) is 97.4 Å². The number of unbranched alkanes of at least 4 members (excludes halogenated alkanes) is 2. The summed E-state index contributed by atoms with van der Waals surface area (Å²) in [6, 6.07) is 0. The van der Waals surface area contributed by atoms with E-state index < -0.39 is 24.3 Å². The molecule has 5 atom stereocenters. The molecule has 1 fully saturated rings. The van der Waals surface area contributed by atoms with Gasteiger partial charge in [0.25, 0.3) is 0 Å². The van der Waals surface area contributed by atoms with Crippen LogP contribution in [0.25, 0.3) is 0 Å². The Morgan fingerprint density at radius 1 is 1.12 bits per heavy atom. The Hall–Kier alpha value is -0.670. The van der Waals surface area contributed by atoms with Crippen molar-refractivity contribution in [2.24, 2.45) is 11.8 Å². The number of rotatable bonds is 9. The number of allylic oxidation sites excluding steroid dienone is 4. The van der Waals surface area contributed by atoms with Gasteiger partial charge in [-0.3, -0.25) is 0 Å². The van der Waals surface area contributed by atoms with Gasteiger partial charge in [0, 0.05) is 5.92 Å². The number of halogens is 1. The van der Waals surface area contributed by atoms with E-state index in [4.69, 9.17) is 0 Å². The lowest BCUT2D eigenvalue weighted by atomic mass is 9.73. The monoisotopic (exact) mass is 340 g/mol. The van der Waals surface area contributed by atoms with Gasteiger partial charge in [-0.05, 0) is 58.8 Å². The molecule has 1 saturated carbocycles. The Morgan fingerprint density at radius 2 is 1.83 bits per heavy atom. The molecule has 0 heterocycles. The highest BCUT2D eigenvalue weighted by Crippen LogP contribution is 2.37. The van der Waals surface area contributed by atoms with Gasteiger partial charge in [-0.15, -0.1) is 0 Å². The van der Waals surface area contributed by atoms with Crippen LogP contribution < -0.4 is 0 Å². The van der Waals surface area contributed by atoms with Gasteiger partial charge in [-0.25, -0.2) is 4.39 Å². The summed E-state index contributed by atoms with van der Waals surface area (Å²) in [5.41, 5.74) is 2.54. The van der Waals surface area contributed by atoms with E-state index in [2.05, 4.69) is 33.8 Å². The molecule has 2 N–H and O–H groups in total. The van der Waals surface area contributed by atoms with Crippen molar-refractivity contribution >= 4 is 0 Å². The molecule has 0 amide bonds. The lowest BCUT2D eigenvalue weighted by molar-refractivity contribution is -0.0919. The Kier molecular flexibility index (Phi) is 9.84. The molecule has 0 saturated heterocycles. The quantitative estimate of drug-likeness (QED) is 0.439. The SMILES string of the molecule is CCCCCC1CC(O)C(C/C=C(\C)CCC=C(C)C)C(F)C1O. The molecule has 0 bridgehead atoms. The zero-order chi connectivity index (χ0) is 18.1. The highest BCUT2D eigenvalue weighted by Gasteiger charge is 2.42. The number of alkyl halides is 1. The standard InChI is InChI=1S/C21H37FO2/c1-5-6-7-11-17-14-19(23)18(20(22)21(17)24)13-12-16(4)10-8-9-15(2)3/h9,12,17-21,23-24H,5-8,10-11,13-14H2,1-4H3/b16-12+. The van der Waals surface area contributed by atoms with E-state index in [1.165, 1.54) is 11.1 Å². The zero-order valence-corrected chi connectivity index (χ0v) is 16.0. The van der Waals surface area contributed by atoms with Crippen molar-refractivity contribution in [3.8, 4) is 0 Å². The molecule has 1 rings (SSSR count). The maximum Gasteiger partial charge on any atom is 0.132 e. The maximum absolute atomic E-state index is 14.6. The normalized spacial score (nSPS) is 31.1. The average molecular weight is 341 g/mol. The number of hydrogen-bond acceptors (Lipinski definition) is 2. The summed E-state index contributed by atoms with van der Waals surface area (Å²) in [6.45, 7) is 8.37. The number of aliphatic hydroxyl groups is 2. The largest absolute Gasteiger partial charge is 0.393 e. The minimum atomic E-state index is -1.32. The molecule has 0 aromatic carbocycles. The van der Waals surface area contributed by atoms with Crippen LogP contribution in [0.15, 0.2) is 23.3 Å². The third kappa shape index (κ3) is 7.06. The lowest BCUT2D eigenvalue weighted by Crippen LogP contribution is -2.47. The van der Waals surface area contributed by atoms with Crippen LogP contribution in [-0.4, -0.2) is 28.6 Å². The summed E-state index contributed by atoms with van der Waals surface area (Å²) < 4.78 is 14.6. The third-order valence-electron chi connectivity index (χ3n) is 5.26. The summed E-state index contributed by atoms with van der Waals surface area (Å²) in [6.07, 6.45) is 8.42. The third-order valence-corrected chi connectivity index (χ3v) is 5.26. The zero-order valence-electron chi connectivity index (χ0n) is 16.0. The predicted molar refractivity (Wildman–Crippen MR) is 99.7 cm³/mol. The molecule has 0 aliphatic heterocycles. The van der Waals surface area contributed by atoms with E-state index in [-0.39, 0.29) is 5.92 Å². The Balaban J connectivity index is 2.52. The first-order valence-electron chi connectivity index (χ1n) is 9.66. The molecule has 1 aliphatic rings. The minimum Gasteiger partial charge on any atom is -0.393 e. The fourth-order valence-electron chi connectivity index (χ4n) is 3.61. The van der Waals surface area contributed by atoms with Crippen molar-refractivity contribution in [3.05, 3.63) is 23.3 Å². The molecule has 2 nitrogen and oxygen atoms in total. The van der Waals surface area contributed by atoms with Gasteiger partial charge in [-0.2, -0.15) is 0 Å². The van der Waals surface area contributed by atoms with Crippen LogP contribution in [0.2, 0.25) is 0 Å². The van der Waals surface area contributed by atoms with Gasteiger partial charge >= 0.3 is 0 Å². The first-order chi connectivity index (χ1) is 11.4.